The fraction of sp³-hybridized carbons (Fsp3) is 0.619. The predicted molar refractivity (Wildman–Crippen MR) is 103 cm³/mol. The number of carbonyl (C=O) groups excluding carboxylic acids is 1. The van der Waals surface area contributed by atoms with Crippen LogP contribution in [0.3, 0.4) is 0 Å². The summed E-state index contributed by atoms with van der Waals surface area (Å²) in [4.78, 5) is 14.3. The largest absolute Gasteiger partial charge is 0.490 e. The molecule has 1 aromatic carbocycles. The fourth-order valence-electron chi connectivity index (χ4n) is 4.13. The Hall–Kier alpha value is -2.09. The molecular weight excluding hydrogens is 383 g/mol. The molecule has 2 fully saturated rings. The normalized spacial score (nSPS) is 22.4. The van der Waals surface area contributed by atoms with Crippen molar-refractivity contribution in [2.75, 3.05) is 19.6 Å². The smallest absolute Gasteiger partial charge is 0.408 e. The van der Waals surface area contributed by atoms with E-state index in [4.69, 9.17) is 4.74 Å². The highest BCUT2D eigenvalue weighted by molar-refractivity contribution is 6.04. The molecule has 1 aliphatic carbocycles. The van der Waals surface area contributed by atoms with Gasteiger partial charge in [-0.25, -0.2) is 5.01 Å². The number of alkyl halides is 3. The lowest BCUT2D eigenvalue weighted by Crippen LogP contribution is -2.46. The molecule has 1 aromatic rings. The summed E-state index contributed by atoms with van der Waals surface area (Å²) >= 11 is 0. The first kappa shape index (κ1) is 20.2. The number of likely N-dealkylation sites (tertiary alicyclic amines) is 1. The first-order chi connectivity index (χ1) is 13.9. The van der Waals surface area contributed by atoms with E-state index in [1.165, 1.54) is 19.3 Å². The highest BCUT2D eigenvalue weighted by atomic mass is 19.4. The van der Waals surface area contributed by atoms with E-state index in [0.29, 0.717) is 17.1 Å². The summed E-state index contributed by atoms with van der Waals surface area (Å²) < 4.78 is 44.0. The van der Waals surface area contributed by atoms with Gasteiger partial charge in [0.2, 0.25) is 5.91 Å². The monoisotopic (exact) mass is 409 g/mol. The van der Waals surface area contributed by atoms with Crippen LogP contribution in [0.2, 0.25) is 0 Å². The van der Waals surface area contributed by atoms with Gasteiger partial charge < -0.3 is 9.64 Å². The predicted octanol–water partition coefficient (Wildman–Crippen LogP) is 3.97. The molecule has 29 heavy (non-hydrogen) atoms. The van der Waals surface area contributed by atoms with Crippen LogP contribution in [0, 0.1) is 0 Å². The lowest BCUT2D eigenvalue weighted by Gasteiger charge is -2.41. The number of ether oxygens (including phenoxy) is 1. The molecule has 158 valence electrons. The van der Waals surface area contributed by atoms with E-state index in [9.17, 15) is 18.0 Å². The Labute approximate surface area is 168 Å². The Kier molecular flexibility index (Phi) is 5.81. The molecule has 0 spiro atoms. The molecule has 8 heteroatoms. The van der Waals surface area contributed by atoms with Gasteiger partial charge in [0.15, 0.2) is 0 Å². The van der Waals surface area contributed by atoms with Crippen molar-refractivity contribution < 1.29 is 22.7 Å². The highest BCUT2D eigenvalue weighted by Gasteiger charge is 2.35. The van der Waals surface area contributed by atoms with Gasteiger partial charge >= 0.3 is 6.18 Å². The number of hydrogen-bond donors (Lipinski definition) is 0. The van der Waals surface area contributed by atoms with Crippen molar-refractivity contribution in [3.63, 3.8) is 0 Å². The molecule has 0 radical (unpaired) electrons. The van der Waals surface area contributed by atoms with Crippen LogP contribution in [-0.2, 0) is 4.79 Å². The van der Waals surface area contributed by atoms with E-state index in [1.807, 2.05) is 12.1 Å². The van der Waals surface area contributed by atoms with Crippen LogP contribution in [0.4, 0.5) is 13.2 Å². The third-order valence-corrected chi connectivity index (χ3v) is 5.99. The number of halogens is 3. The SMILES string of the molecule is O=C1CCC(c2ccc(OC3CCN(C4CCC4)CC3)cc2)=NN1CC(F)(F)F. The molecule has 0 atom stereocenters. The zero-order chi connectivity index (χ0) is 20.4. The summed E-state index contributed by atoms with van der Waals surface area (Å²) in [5.41, 5.74) is 1.21. The second-order valence-corrected chi connectivity index (χ2v) is 8.08. The Balaban J connectivity index is 1.34. The quantitative estimate of drug-likeness (QED) is 0.739. The molecule has 2 aliphatic heterocycles. The molecule has 0 unspecified atom stereocenters. The minimum absolute atomic E-state index is 0.0345. The number of benzene rings is 1. The van der Waals surface area contributed by atoms with E-state index in [2.05, 4.69) is 10.0 Å². The standard InChI is InChI=1S/C21H26F3N3O2/c22-21(23,24)14-27-20(28)9-8-19(25-27)15-4-6-17(7-5-15)29-18-10-12-26(13-11-18)16-2-1-3-16/h4-7,16,18H,1-3,8-14H2. The Bertz CT molecular complexity index is 751. The number of piperidine rings is 1. The molecule has 2 heterocycles. The van der Waals surface area contributed by atoms with E-state index in [0.717, 1.165) is 43.3 Å². The number of carbonyl (C=O) groups is 1. The summed E-state index contributed by atoms with van der Waals surface area (Å²) in [6.07, 6.45) is 2.13. The van der Waals surface area contributed by atoms with Gasteiger partial charge in [-0.15, -0.1) is 0 Å². The first-order valence-corrected chi connectivity index (χ1v) is 10.3. The number of hydrogen-bond acceptors (Lipinski definition) is 4. The zero-order valence-corrected chi connectivity index (χ0v) is 16.3. The van der Waals surface area contributed by atoms with Gasteiger partial charge in [0.1, 0.15) is 18.4 Å². The maximum Gasteiger partial charge on any atom is 0.408 e. The van der Waals surface area contributed by atoms with Gasteiger partial charge in [-0.3, -0.25) is 4.79 Å². The van der Waals surface area contributed by atoms with Gasteiger partial charge in [-0.1, -0.05) is 6.42 Å². The van der Waals surface area contributed by atoms with Crippen LogP contribution in [-0.4, -0.2) is 59.5 Å². The molecule has 1 saturated carbocycles. The summed E-state index contributed by atoms with van der Waals surface area (Å²) in [6, 6.07) is 8.05. The van der Waals surface area contributed by atoms with Crippen molar-refractivity contribution in [3.05, 3.63) is 29.8 Å². The average molecular weight is 409 g/mol. The summed E-state index contributed by atoms with van der Waals surface area (Å²) in [6.45, 7) is 0.802. The molecule has 5 nitrogen and oxygen atoms in total. The van der Waals surface area contributed by atoms with Crippen LogP contribution in [0.15, 0.2) is 29.4 Å². The van der Waals surface area contributed by atoms with Gasteiger partial charge in [0.25, 0.3) is 0 Å². The summed E-state index contributed by atoms with van der Waals surface area (Å²) in [5.74, 6) is 0.162. The van der Waals surface area contributed by atoms with Crippen molar-refractivity contribution in [2.45, 2.75) is 63.3 Å². The number of rotatable bonds is 5. The van der Waals surface area contributed by atoms with E-state index in [-0.39, 0.29) is 12.5 Å². The lowest BCUT2D eigenvalue weighted by molar-refractivity contribution is -0.161. The minimum Gasteiger partial charge on any atom is -0.490 e. The molecule has 3 aliphatic rings. The van der Waals surface area contributed by atoms with Gasteiger partial charge in [-0.05, 0) is 55.5 Å². The van der Waals surface area contributed by atoms with Gasteiger partial charge in [0.05, 0.1) is 5.71 Å². The van der Waals surface area contributed by atoms with Gasteiger partial charge in [0, 0.05) is 32.0 Å². The van der Waals surface area contributed by atoms with Gasteiger partial charge in [-0.2, -0.15) is 18.3 Å². The summed E-state index contributed by atoms with van der Waals surface area (Å²) in [7, 11) is 0. The molecule has 4 rings (SSSR count). The van der Waals surface area contributed by atoms with Crippen molar-refractivity contribution in [1.29, 1.82) is 0 Å². The molecule has 1 saturated heterocycles. The minimum atomic E-state index is -4.46. The van der Waals surface area contributed by atoms with Crippen LogP contribution >= 0.6 is 0 Å². The maximum atomic E-state index is 12.6. The molecule has 1 amide bonds. The van der Waals surface area contributed by atoms with Crippen LogP contribution in [0.25, 0.3) is 0 Å². The fourth-order valence-corrected chi connectivity index (χ4v) is 4.13. The number of hydrazone groups is 1. The van der Waals surface area contributed by atoms with E-state index >= 15 is 0 Å². The zero-order valence-electron chi connectivity index (χ0n) is 16.3. The number of nitrogens with zero attached hydrogens (tertiary/aromatic N) is 3. The topological polar surface area (TPSA) is 45.1 Å². The molecule has 0 bridgehead atoms. The van der Waals surface area contributed by atoms with E-state index in [1.54, 1.807) is 12.1 Å². The third kappa shape index (κ3) is 5.10. The van der Waals surface area contributed by atoms with Crippen LogP contribution in [0.5, 0.6) is 5.75 Å². The summed E-state index contributed by atoms with van der Waals surface area (Å²) in [5, 5.41) is 4.46. The van der Waals surface area contributed by atoms with Crippen LogP contribution < -0.4 is 4.74 Å². The van der Waals surface area contributed by atoms with Crippen molar-refractivity contribution in [1.82, 2.24) is 9.91 Å². The Morgan fingerprint density at radius 1 is 1.03 bits per heavy atom. The Morgan fingerprint density at radius 3 is 2.31 bits per heavy atom. The van der Waals surface area contributed by atoms with E-state index < -0.39 is 18.6 Å². The van der Waals surface area contributed by atoms with Crippen molar-refractivity contribution in [3.8, 4) is 5.75 Å². The molecule has 0 aromatic heterocycles. The lowest BCUT2D eigenvalue weighted by atomic mass is 9.90. The van der Waals surface area contributed by atoms with Crippen LogP contribution in [0.1, 0.15) is 50.5 Å². The third-order valence-electron chi connectivity index (χ3n) is 5.99. The number of amides is 1. The van der Waals surface area contributed by atoms with Crippen molar-refractivity contribution in [2.24, 2.45) is 5.10 Å². The average Bonchev–Trinajstić information content (AvgIpc) is 2.63. The second kappa shape index (κ2) is 8.34. The highest BCUT2D eigenvalue weighted by Crippen LogP contribution is 2.29. The maximum absolute atomic E-state index is 12.6. The first-order valence-electron chi connectivity index (χ1n) is 10.3. The molecule has 0 N–H and O–H groups in total. The Morgan fingerprint density at radius 2 is 1.72 bits per heavy atom. The second-order valence-electron chi connectivity index (χ2n) is 8.08. The molecular formula is C21H26F3N3O2. The van der Waals surface area contributed by atoms with Crippen molar-refractivity contribution >= 4 is 11.6 Å².